The van der Waals surface area contributed by atoms with Crippen LogP contribution in [0.4, 0.5) is 11.4 Å². The van der Waals surface area contributed by atoms with Crippen molar-refractivity contribution in [2.45, 2.75) is 44.6 Å². The maximum atomic E-state index is 13.6. The number of thioether (sulfide) groups is 1. The topological polar surface area (TPSA) is 177 Å². The Bertz CT molecular complexity index is 2040. The van der Waals surface area contributed by atoms with E-state index in [-0.39, 0.29) is 42.1 Å². The van der Waals surface area contributed by atoms with E-state index in [2.05, 4.69) is 15.2 Å². The van der Waals surface area contributed by atoms with Gasteiger partial charge in [-0.3, -0.25) is 19.8 Å². The van der Waals surface area contributed by atoms with Crippen molar-refractivity contribution in [3.8, 4) is 5.75 Å². The van der Waals surface area contributed by atoms with Crippen molar-refractivity contribution in [2.75, 3.05) is 71.8 Å². The summed E-state index contributed by atoms with van der Waals surface area (Å²) in [6.45, 7) is 8.31. The summed E-state index contributed by atoms with van der Waals surface area (Å²) in [4.78, 5) is 63.0. The molecule has 3 heterocycles. The number of aryl methyl sites for hydroxylation is 2. The quantitative estimate of drug-likeness (QED) is 0.0245. The van der Waals surface area contributed by atoms with Crippen LogP contribution in [0.1, 0.15) is 60.3 Å². The Hall–Kier alpha value is -4.84. The predicted molar refractivity (Wildman–Crippen MR) is 207 cm³/mol. The summed E-state index contributed by atoms with van der Waals surface area (Å²) in [5, 5.41) is 16.2. The fourth-order valence-corrected chi connectivity index (χ4v) is 8.11. The number of carbonyl (C=O) groups excluding carboxylic acids is 3. The Balaban J connectivity index is 1.40. The zero-order chi connectivity index (χ0) is 38.8. The van der Waals surface area contributed by atoms with E-state index in [4.69, 9.17) is 23.9 Å². The molecule has 0 saturated carbocycles. The van der Waals surface area contributed by atoms with Crippen molar-refractivity contribution in [3.63, 3.8) is 0 Å². The molecule has 0 unspecified atom stereocenters. The van der Waals surface area contributed by atoms with E-state index in [1.807, 2.05) is 30.6 Å². The van der Waals surface area contributed by atoms with Gasteiger partial charge >= 0.3 is 11.9 Å². The normalized spacial score (nSPS) is 13.4. The molecular weight excluding hydrogens is 737 g/mol. The van der Waals surface area contributed by atoms with Gasteiger partial charge in [0.1, 0.15) is 22.8 Å². The number of imidazole rings is 1. The number of nitro benzene ring substituents is 1. The zero-order valence-electron chi connectivity index (χ0n) is 31.0. The van der Waals surface area contributed by atoms with Crippen LogP contribution in [0.5, 0.6) is 5.75 Å². The number of nitrogens with one attached hydrogen (secondary N) is 1. The SMILES string of the molecule is CCc1nc(C)sc1C(=O)Cc1nc2cc(C(=O)OC)cc(OC)c2n1C/C=C/CNc1c(SCCCN2CCOCC2)cc(C(=O)OC)cc1[N+](=O)[O-]. The van der Waals surface area contributed by atoms with E-state index < -0.39 is 16.9 Å². The van der Waals surface area contributed by atoms with E-state index in [0.717, 1.165) is 36.8 Å². The monoisotopic (exact) mass is 780 g/mol. The number of nitro groups is 1. The second-order valence-corrected chi connectivity index (χ2v) is 14.6. The second-order valence-electron chi connectivity index (χ2n) is 12.3. The standard InChI is InChI=1S/C37H44N6O9S2/c1-6-26-35(54-23(2)39-26)29(44)22-32-40-27-18-24(36(45)50-4)20-30(49-3)34(27)42(32)12-8-7-10-38-33-28(43(47)48)19-25(37(46)51-5)21-31(33)53-17-9-11-41-13-15-52-16-14-41/h7-8,18-21,38H,6,9-17,22H2,1-5H3/b8-7+. The van der Waals surface area contributed by atoms with E-state index in [0.29, 0.717) is 63.5 Å². The number of hydrogen-bond donors (Lipinski definition) is 1. The molecule has 1 fully saturated rings. The van der Waals surface area contributed by atoms with Gasteiger partial charge in [0.05, 0.1) is 78.1 Å². The molecule has 1 aliphatic rings. The van der Waals surface area contributed by atoms with Crippen molar-refractivity contribution >= 4 is 63.2 Å². The average molecular weight is 781 g/mol. The number of ketones is 1. The summed E-state index contributed by atoms with van der Waals surface area (Å²) < 4.78 is 22.8. The van der Waals surface area contributed by atoms with Gasteiger partial charge in [-0.25, -0.2) is 19.6 Å². The molecule has 1 saturated heterocycles. The first-order chi connectivity index (χ1) is 26.1. The number of rotatable bonds is 18. The Morgan fingerprint density at radius 2 is 1.78 bits per heavy atom. The maximum Gasteiger partial charge on any atom is 0.338 e. The lowest BCUT2D eigenvalue weighted by molar-refractivity contribution is -0.384. The van der Waals surface area contributed by atoms with Crippen molar-refractivity contribution < 1.29 is 38.3 Å². The molecule has 0 amide bonds. The van der Waals surface area contributed by atoms with Crippen LogP contribution >= 0.6 is 23.1 Å². The summed E-state index contributed by atoms with van der Waals surface area (Å²) in [6, 6.07) is 6.02. The minimum Gasteiger partial charge on any atom is -0.494 e. The third-order valence-corrected chi connectivity index (χ3v) is 10.9. The van der Waals surface area contributed by atoms with Crippen LogP contribution in [0.15, 0.2) is 41.3 Å². The predicted octanol–water partition coefficient (Wildman–Crippen LogP) is 5.76. The van der Waals surface area contributed by atoms with Gasteiger partial charge in [0.2, 0.25) is 0 Å². The molecule has 0 bridgehead atoms. The van der Waals surface area contributed by atoms with Crippen molar-refractivity contribution in [1.29, 1.82) is 0 Å². The number of anilines is 1. The van der Waals surface area contributed by atoms with Crippen molar-refractivity contribution in [1.82, 2.24) is 19.4 Å². The second kappa shape index (κ2) is 19.0. The number of aromatic nitrogens is 3. The molecule has 4 aromatic rings. The van der Waals surface area contributed by atoms with Crippen LogP contribution < -0.4 is 10.1 Å². The molecule has 5 rings (SSSR count). The Morgan fingerprint density at radius 1 is 1.06 bits per heavy atom. The Kier molecular flexibility index (Phi) is 14.2. The molecule has 288 valence electrons. The highest BCUT2D eigenvalue weighted by Gasteiger charge is 2.25. The molecule has 1 N–H and O–H groups in total. The largest absolute Gasteiger partial charge is 0.494 e. The van der Waals surface area contributed by atoms with Gasteiger partial charge in [0.25, 0.3) is 5.69 Å². The molecule has 2 aromatic heterocycles. The zero-order valence-corrected chi connectivity index (χ0v) is 32.6. The van der Waals surface area contributed by atoms with E-state index in [1.54, 1.807) is 18.2 Å². The lowest BCUT2D eigenvalue weighted by atomic mass is 10.1. The molecule has 2 aromatic carbocycles. The smallest absolute Gasteiger partial charge is 0.338 e. The van der Waals surface area contributed by atoms with Crippen LogP contribution in [0.25, 0.3) is 11.0 Å². The molecule has 15 nitrogen and oxygen atoms in total. The number of hydrogen-bond acceptors (Lipinski definition) is 15. The van der Waals surface area contributed by atoms with Crippen LogP contribution in [0.3, 0.4) is 0 Å². The fraction of sp³-hybridized carbons (Fsp3) is 0.432. The Labute approximate surface area is 321 Å². The van der Waals surface area contributed by atoms with E-state index >= 15 is 0 Å². The summed E-state index contributed by atoms with van der Waals surface area (Å²) in [5.41, 5.74) is 2.20. The van der Waals surface area contributed by atoms with Gasteiger partial charge < -0.3 is 28.8 Å². The fourth-order valence-electron chi connectivity index (χ4n) is 6.14. The maximum absolute atomic E-state index is 13.6. The number of ether oxygens (including phenoxy) is 4. The number of thiazole rings is 1. The molecular formula is C37H44N6O9S2. The number of methoxy groups -OCH3 is 3. The average Bonchev–Trinajstić information content (AvgIpc) is 3.74. The number of carbonyl (C=O) groups is 3. The third kappa shape index (κ3) is 9.63. The summed E-state index contributed by atoms with van der Waals surface area (Å²) >= 11 is 2.79. The lowest BCUT2D eigenvalue weighted by Crippen LogP contribution is -2.36. The van der Waals surface area contributed by atoms with Crippen LogP contribution in [0.2, 0.25) is 0 Å². The van der Waals surface area contributed by atoms with Gasteiger partial charge in [-0.1, -0.05) is 19.1 Å². The van der Waals surface area contributed by atoms with Crippen molar-refractivity contribution in [3.05, 3.63) is 79.1 Å². The molecule has 0 spiro atoms. The number of esters is 2. The molecule has 17 heteroatoms. The highest BCUT2D eigenvalue weighted by atomic mass is 32.2. The Morgan fingerprint density at radius 3 is 2.44 bits per heavy atom. The van der Waals surface area contributed by atoms with Gasteiger partial charge in [-0.2, -0.15) is 0 Å². The number of morpholine rings is 1. The third-order valence-electron chi connectivity index (χ3n) is 8.77. The van der Waals surface area contributed by atoms with Crippen LogP contribution in [-0.2, 0) is 33.6 Å². The number of Topliss-reactive ketones (excluding diaryl/α,β-unsaturated/α-hetero) is 1. The molecule has 1 aliphatic heterocycles. The lowest BCUT2D eigenvalue weighted by Gasteiger charge is -2.26. The molecule has 0 aliphatic carbocycles. The minimum absolute atomic E-state index is 0.0169. The van der Waals surface area contributed by atoms with Gasteiger partial charge in [0, 0.05) is 37.1 Å². The van der Waals surface area contributed by atoms with Crippen molar-refractivity contribution in [2.24, 2.45) is 0 Å². The van der Waals surface area contributed by atoms with Gasteiger partial charge in [-0.05, 0) is 50.3 Å². The van der Waals surface area contributed by atoms with Gasteiger partial charge in [-0.15, -0.1) is 23.1 Å². The molecule has 0 atom stereocenters. The van der Waals surface area contributed by atoms with Crippen LogP contribution in [-0.4, -0.2) is 109 Å². The number of nitrogens with zero attached hydrogens (tertiary/aromatic N) is 5. The number of allylic oxidation sites excluding steroid dienone is 1. The molecule has 0 radical (unpaired) electrons. The summed E-state index contributed by atoms with van der Waals surface area (Å²) in [7, 11) is 4.02. The number of fused-ring (bicyclic) bond motifs is 1. The van der Waals surface area contributed by atoms with E-state index in [1.165, 1.54) is 50.5 Å². The van der Waals surface area contributed by atoms with Crippen LogP contribution in [0, 0.1) is 17.0 Å². The highest BCUT2D eigenvalue weighted by Crippen LogP contribution is 2.37. The first kappa shape index (κ1) is 40.3. The first-order valence-electron chi connectivity index (χ1n) is 17.5. The first-order valence-corrected chi connectivity index (χ1v) is 19.3. The van der Waals surface area contributed by atoms with E-state index in [9.17, 15) is 24.5 Å². The summed E-state index contributed by atoms with van der Waals surface area (Å²) in [6.07, 6.45) is 5.12. The minimum atomic E-state index is -0.660. The number of benzene rings is 2. The highest BCUT2D eigenvalue weighted by molar-refractivity contribution is 7.99. The molecule has 54 heavy (non-hydrogen) atoms. The summed E-state index contributed by atoms with van der Waals surface area (Å²) in [5.74, 6) is 0.191. The van der Waals surface area contributed by atoms with Gasteiger partial charge in [0.15, 0.2) is 5.78 Å².